The molecule has 3 rings (SSSR count). The van der Waals surface area contributed by atoms with Gasteiger partial charge in [0.1, 0.15) is 10.3 Å². The Labute approximate surface area is 173 Å². The first kappa shape index (κ1) is 20.9. The summed E-state index contributed by atoms with van der Waals surface area (Å²) in [5.41, 5.74) is 1.84. The van der Waals surface area contributed by atoms with Crippen LogP contribution in [0.2, 0.25) is 0 Å². The van der Waals surface area contributed by atoms with Gasteiger partial charge in [0, 0.05) is 11.3 Å². The largest absolute Gasteiger partial charge is 0.325 e. The molecular weight excluding hydrogens is 408 g/mol. The van der Waals surface area contributed by atoms with Crippen molar-refractivity contribution in [3.05, 3.63) is 83.2 Å². The third-order valence-electron chi connectivity index (χ3n) is 4.22. The van der Waals surface area contributed by atoms with E-state index < -0.39 is 22.0 Å². The van der Waals surface area contributed by atoms with Gasteiger partial charge < -0.3 is 5.32 Å². The Morgan fingerprint density at radius 1 is 0.966 bits per heavy atom. The molecule has 6 nitrogen and oxygen atoms in total. The second kappa shape index (κ2) is 9.13. The predicted molar refractivity (Wildman–Crippen MR) is 114 cm³/mol. The third kappa shape index (κ3) is 5.60. The number of sulfonamides is 1. The number of nitrogens with one attached hydrogen (secondary N) is 2. The van der Waals surface area contributed by atoms with Crippen LogP contribution in [-0.4, -0.2) is 26.2 Å². The van der Waals surface area contributed by atoms with E-state index in [2.05, 4.69) is 10.0 Å². The lowest BCUT2D eigenvalue weighted by atomic mass is 10.1. The van der Waals surface area contributed by atoms with Crippen molar-refractivity contribution in [2.24, 2.45) is 0 Å². The van der Waals surface area contributed by atoms with Crippen molar-refractivity contribution < 1.29 is 18.0 Å². The summed E-state index contributed by atoms with van der Waals surface area (Å²) in [5.74, 6) is -0.557. The van der Waals surface area contributed by atoms with Gasteiger partial charge in [-0.15, -0.1) is 11.3 Å². The zero-order valence-electron chi connectivity index (χ0n) is 15.7. The Balaban J connectivity index is 1.81. The first-order valence-electron chi connectivity index (χ1n) is 8.87. The second-order valence-electron chi connectivity index (χ2n) is 6.42. The Kier molecular flexibility index (Phi) is 6.58. The van der Waals surface area contributed by atoms with E-state index in [1.54, 1.807) is 35.7 Å². The first-order chi connectivity index (χ1) is 13.8. The maximum atomic E-state index is 12.9. The lowest BCUT2D eigenvalue weighted by molar-refractivity contribution is -0.117. The molecule has 150 valence electrons. The molecule has 0 unspecified atom stereocenters. The molecule has 0 aliphatic heterocycles. The van der Waals surface area contributed by atoms with Gasteiger partial charge in [-0.1, -0.05) is 36.4 Å². The molecule has 8 heteroatoms. The number of hydrogen-bond acceptors (Lipinski definition) is 5. The summed E-state index contributed by atoms with van der Waals surface area (Å²) >= 11 is 1.08. The molecule has 1 atom stereocenters. The number of Topliss-reactive ketones (excluding diaryl/α,β-unsaturated/α-hetero) is 1. The van der Waals surface area contributed by atoms with E-state index >= 15 is 0 Å². The van der Waals surface area contributed by atoms with Gasteiger partial charge in [-0.3, -0.25) is 9.59 Å². The van der Waals surface area contributed by atoms with Crippen LogP contribution in [0.25, 0.3) is 0 Å². The maximum Gasteiger partial charge on any atom is 0.250 e. The number of ketones is 1. The first-order valence-corrected chi connectivity index (χ1v) is 11.2. The van der Waals surface area contributed by atoms with Crippen LogP contribution in [0.15, 0.2) is 76.3 Å². The number of carbonyl (C=O) groups is 2. The summed E-state index contributed by atoms with van der Waals surface area (Å²) in [6.07, 6.45) is 0.197. The van der Waals surface area contributed by atoms with Crippen LogP contribution >= 0.6 is 11.3 Å². The standard InChI is InChI=1S/C21H20N2O4S2/c1-15(24)17-9-11-18(12-10-17)22-21(25)19(14-16-6-3-2-4-7-16)23-29(26,27)20-8-5-13-28-20/h2-13,19,23H,14H2,1H3,(H,22,25)/t19-/m0/s1. The highest BCUT2D eigenvalue weighted by Crippen LogP contribution is 2.18. The summed E-state index contributed by atoms with van der Waals surface area (Å²) < 4.78 is 28.0. The molecule has 0 fully saturated rings. The molecular formula is C21H20N2O4S2. The van der Waals surface area contributed by atoms with Crippen molar-refractivity contribution >= 4 is 38.7 Å². The highest BCUT2D eigenvalue weighted by atomic mass is 32.2. The Morgan fingerprint density at radius 2 is 1.66 bits per heavy atom. The van der Waals surface area contributed by atoms with Crippen molar-refractivity contribution in [3.8, 4) is 0 Å². The van der Waals surface area contributed by atoms with Crippen LogP contribution in [0.5, 0.6) is 0 Å². The molecule has 0 aliphatic carbocycles. The number of hydrogen-bond donors (Lipinski definition) is 2. The van der Waals surface area contributed by atoms with Crippen LogP contribution in [-0.2, 0) is 21.2 Å². The van der Waals surface area contributed by atoms with E-state index in [1.807, 2.05) is 30.3 Å². The SMILES string of the molecule is CC(=O)c1ccc(NC(=O)[C@H](Cc2ccccc2)NS(=O)(=O)c2cccs2)cc1. The van der Waals surface area contributed by atoms with Gasteiger partial charge in [0.25, 0.3) is 10.0 Å². The predicted octanol–water partition coefficient (Wildman–Crippen LogP) is 3.48. The minimum absolute atomic E-state index is 0.0754. The fourth-order valence-corrected chi connectivity index (χ4v) is 4.92. The smallest absolute Gasteiger partial charge is 0.250 e. The van der Waals surface area contributed by atoms with Gasteiger partial charge in [-0.05, 0) is 54.6 Å². The van der Waals surface area contributed by atoms with Crippen molar-refractivity contribution in [3.63, 3.8) is 0 Å². The number of amides is 1. The van der Waals surface area contributed by atoms with Gasteiger partial charge in [0.2, 0.25) is 5.91 Å². The van der Waals surface area contributed by atoms with Gasteiger partial charge >= 0.3 is 0 Å². The average Bonchev–Trinajstić information content (AvgIpc) is 3.24. The summed E-state index contributed by atoms with van der Waals surface area (Å²) in [6, 6.07) is 17.8. The molecule has 0 aliphatic rings. The molecule has 0 radical (unpaired) electrons. The van der Waals surface area contributed by atoms with Crippen LogP contribution < -0.4 is 10.0 Å². The topological polar surface area (TPSA) is 92.3 Å². The molecule has 2 aromatic carbocycles. The quantitative estimate of drug-likeness (QED) is 0.537. The molecule has 0 bridgehead atoms. The Bertz CT molecular complexity index is 1080. The average molecular weight is 429 g/mol. The van der Waals surface area contributed by atoms with Crippen molar-refractivity contribution in [1.82, 2.24) is 4.72 Å². The van der Waals surface area contributed by atoms with Gasteiger partial charge in [-0.25, -0.2) is 8.42 Å². The molecule has 3 aromatic rings. The highest BCUT2D eigenvalue weighted by Gasteiger charge is 2.26. The lowest BCUT2D eigenvalue weighted by Crippen LogP contribution is -2.45. The zero-order chi connectivity index (χ0) is 20.9. The number of thiophene rings is 1. The Morgan fingerprint density at radius 3 is 2.24 bits per heavy atom. The van der Waals surface area contributed by atoms with Crippen LogP contribution in [0, 0.1) is 0 Å². The van der Waals surface area contributed by atoms with Crippen molar-refractivity contribution in [1.29, 1.82) is 0 Å². The molecule has 29 heavy (non-hydrogen) atoms. The molecule has 0 spiro atoms. The highest BCUT2D eigenvalue weighted by molar-refractivity contribution is 7.91. The molecule has 1 amide bonds. The normalized spacial score (nSPS) is 12.3. The summed E-state index contributed by atoms with van der Waals surface area (Å²) in [5, 5.41) is 4.39. The van der Waals surface area contributed by atoms with Crippen molar-refractivity contribution in [2.75, 3.05) is 5.32 Å². The lowest BCUT2D eigenvalue weighted by Gasteiger charge is -2.18. The van der Waals surface area contributed by atoms with Crippen molar-refractivity contribution in [2.45, 2.75) is 23.6 Å². The second-order valence-corrected chi connectivity index (χ2v) is 9.31. The molecule has 0 saturated carbocycles. The summed E-state index contributed by atoms with van der Waals surface area (Å²) in [7, 11) is -3.83. The van der Waals surface area contributed by atoms with E-state index in [0.717, 1.165) is 16.9 Å². The zero-order valence-corrected chi connectivity index (χ0v) is 17.3. The van der Waals surface area contributed by atoms with Gasteiger partial charge in [0.15, 0.2) is 5.78 Å². The number of anilines is 1. The summed E-state index contributed by atoms with van der Waals surface area (Å²) in [6.45, 7) is 1.46. The van der Waals surface area contributed by atoms with Gasteiger partial charge in [0.05, 0.1) is 0 Å². The molecule has 2 N–H and O–H groups in total. The Hall–Kier alpha value is -2.81. The van der Waals surface area contributed by atoms with E-state index in [-0.39, 0.29) is 16.4 Å². The van der Waals surface area contributed by atoms with E-state index in [0.29, 0.717) is 11.3 Å². The molecule has 0 saturated heterocycles. The molecule has 1 heterocycles. The number of rotatable bonds is 8. The van der Waals surface area contributed by atoms with Crippen LogP contribution in [0.4, 0.5) is 5.69 Å². The van der Waals surface area contributed by atoms with Gasteiger partial charge in [-0.2, -0.15) is 4.72 Å². The summed E-state index contributed by atoms with van der Waals surface area (Å²) in [4.78, 5) is 24.3. The third-order valence-corrected chi connectivity index (χ3v) is 7.08. The van der Waals surface area contributed by atoms with E-state index in [1.165, 1.54) is 13.0 Å². The van der Waals surface area contributed by atoms with E-state index in [9.17, 15) is 18.0 Å². The van der Waals surface area contributed by atoms with Crippen LogP contribution in [0.1, 0.15) is 22.8 Å². The maximum absolute atomic E-state index is 12.9. The fraction of sp³-hybridized carbons (Fsp3) is 0.143. The minimum atomic E-state index is -3.83. The monoisotopic (exact) mass is 428 g/mol. The number of benzene rings is 2. The number of carbonyl (C=O) groups excluding carboxylic acids is 2. The minimum Gasteiger partial charge on any atom is -0.325 e. The molecule has 1 aromatic heterocycles. The van der Waals surface area contributed by atoms with E-state index in [4.69, 9.17) is 0 Å². The fourth-order valence-electron chi connectivity index (χ4n) is 2.72. The van der Waals surface area contributed by atoms with Crippen LogP contribution in [0.3, 0.4) is 0 Å².